The second kappa shape index (κ2) is 5.98. The van der Waals surface area contributed by atoms with Crippen molar-refractivity contribution < 1.29 is 0 Å². The van der Waals surface area contributed by atoms with E-state index in [2.05, 4.69) is 20.2 Å². The molecule has 0 aliphatic carbocycles. The molecule has 0 unspecified atom stereocenters. The van der Waals surface area contributed by atoms with Crippen LogP contribution < -0.4 is 5.56 Å². The minimum absolute atomic E-state index is 0.0631. The van der Waals surface area contributed by atoms with Gasteiger partial charge in [0.25, 0.3) is 5.56 Å². The van der Waals surface area contributed by atoms with E-state index in [-0.39, 0.29) is 5.56 Å². The maximum Gasteiger partial charge on any atom is 0.258 e. The lowest BCUT2D eigenvalue weighted by molar-refractivity contribution is 0.970. The Morgan fingerprint density at radius 1 is 1.22 bits per heavy atom. The summed E-state index contributed by atoms with van der Waals surface area (Å²) in [5.74, 6) is 1.28. The third kappa shape index (κ3) is 2.90. The van der Waals surface area contributed by atoms with E-state index < -0.39 is 0 Å². The first-order chi connectivity index (χ1) is 11.3. The van der Waals surface area contributed by atoms with Gasteiger partial charge in [-0.25, -0.2) is 9.97 Å². The van der Waals surface area contributed by atoms with Crippen molar-refractivity contribution in [2.24, 2.45) is 0 Å². The lowest BCUT2D eigenvalue weighted by Gasteiger charge is -1.98. The first-order valence-corrected chi connectivity index (χ1v) is 8.72. The number of aromatic nitrogens is 5. The van der Waals surface area contributed by atoms with Crippen LogP contribution >= 0.6 is 23.1 Å². The summed E-state index contributed by atoms with van der Waals surface area (Å²) >= 11 is 2.89. The second-order valence-corrected chi connectivity index (χ2v) is 6.58. The molecule has 3 aromatic heterocycles. The summed E-state index contributed by atoms with van der Waals surface area (Å²) in [5, 5.41) is 9.62. The van der Waals surface area contributed by atoms with Crippen LogP contribution in [0.5, 0.6) is 0 Å². The molecule has 4 aromatic rings. The van der Waals surface area contributed by atoms with Crippen LogP contribution in [0.1, 0.15) is 5.69 Å². The molecule has 3 heterocycles. The first kappa shape index (κ1) is 14.2. The number of rotatable bonds is 4. The molecule has 0 aliphatic heterocycles. The van der Waals surface area contributed by atoms with E-state index in [1.807, 2.05) is 35.7 Å². The quantitative estimate of drug-likeness (QED) is 0.578. The Hall–Kier alpha value is -2.45. The van der Waals surface area contributed by atoms with E-state index in [1.165, 1.54) is 23.1 Å². The lowest BCUT2D eigenvalue weighted by Crippen LogP contribution is -2.12. The zero-order chi connectivity index (χ0) is 15.6. The number of nitrogens with zero attached hydrogens (tertiary/aromatic N) is 4. The van der Waals surface area contributed by atoms with Gasteiger partial charge in [0, 0.05) is 29.0 Å². The standard InChI is InChI=1S/C15H11N5OS2/c21-12-8-11(16-15-20(12)6-7-22-15)9-23-14-17-13(18-19-14)10-4-2-1-3-5-10/h1-8H,9H2,(H,17,18,19). The van der Waals surface area contributed by atoms with Crippen molar-refractivity contribution in [1.82, 2.24) is 24.6 Å². The first-order valence-electron chi connectivity index (χ1n) is 6.86. The fourth-order valence-electron chi connectivity index (χ4n) is 2.14. The smallest absolute Gasteiger partial charge is 0.258 e. The molecule has 0 saturated carbocycles. The molecule has 0 atom stereocenters. The summed E-state index contributed by atoms with van der Waals surface area (Å²) in [6, 6.07) is 11.4. The number of hydrogen-bond donors (Lipinski definition) is 1. The maximum absolute atomic E-state index is 11.9. The Bertz CT molecular complexity index is 1010. The zero-order valence-corrected chi connectivity index (χ0v) is 13.5. The molecule has 1 N–H and O–H groups in total. The summed E-state index contributed by atoms with van der Waals surface area (Å²) in [6.07, 6.45) is 1.73. The highest BCUT2D eigenvalue weighted by Crippen LogP contribution is 2.21. The average Bonchev–Trinajstić information content (AvgIpc) is 3.23. The van der Waals surface area contributed by atoms with E-state index in [1.54, 1.807) is 16.7 Å². The number of nitrogens with one attached hydrogen (secondary N) is 1. The summed E-state index contributed by atoms with van der Waals surface area (Å²) in [6.45, 7) is 0. The number of aromatic amines is 1. The second-order valence-electron chi connectivity index (χ2n) is 4.76. The normalized spacial score (nSPS) is 11.1. The third-order valence-corrected chi connectivity index (χ3v) is 4.85. The van der Waals surface area contributed by atoms with Crippen molar-refractivity contribution in [2.75, 3.05) is 0 Å². The minimum atomic E-state index is -0.0631. The van der Waals surface area contributed by atoms with Gasteiger partial charge in [-0.05, 0) is 0 Å². The summed E-state index contributed by atoms with van der Waals surface area (Å²) in [7, 11) is 0. The lowest BCUT2D eigenvalue weighted by atomic mass is 10.2. The highest BCUT2D eigenvalue weighted by Gasteiger charge is 2.08. The van der Waals surface area contributed by atoms with Crippen LogP contribution in [0.4, 0.5) is 0 Å². The van der Waals surface area contributed by atoms with Crippen molar-refractivity contribution >= 4 is 28.1 Å². The monoisotopic (exact) mass is 341 g/mol. The van der Waals surface area contributed by atoms with Crippen molar-refractivity contribution in [3.05, 3.63) is 64.0 Å². The largest absolute Gasteiger partial charge is 0.269 e. The molecule has 1 aromatic carbocycles. The van der Waals surface area contributed by atoms with Crippen molar-refractivity contribution in [3.8, 4) is 11.4 Å². The van der Waals surface area contributed by atoms with Crippen LogP contribution in [-0.4, -0.2) is 24.6 Å². The Morgan fingerprint density at radius 3 is 2.96 bits per heavy atom. The van der Waals surface area contributed by atoms with E-state index >= 15 is 0 Å². The molecule has 0 aliphatic rings. The fourth-order valence-corrected chi connectivity index (χ4v) is 3.57. The van der Waals surface area contributed by atoms with Gasteiger partial charge in [0.2, 0.25) is 5.16 Å². The van der Waals surface area contributed by atoms with Gasteiger partial charge >= 0.3 is 0 Å². The Morgan fingerprint density at radius 2 is 2.09 bits per heavy atom. The van der Waals surface area contributed by atoms with E-state index in [0.717, 1.165) is 17.1 Å². The van der Waals surface area contributed by atoms with E-state index in [4.69, 9.17) is 0 Å². The highest BCUT2D eigenvalue weighted by molar-refractivity contribution is 7.98. The van der Waals surface area contributed by atoms with Crippen molar-refractivity contribution in [2.45, 2.75) is 10.9 Å². The number of thioether (sulfide) groups is 1. The number of hydrogen-bond acceptors (Lipinski definition) is 6. The van der Waals surface area contributed by atoms with Gasteiger partial charge in [-0.2, -0.15) is 0 Å². The van der Waals surface area contributed by atoms with Gasteiger partial charge in [0.05, 0.1) is 5.69 Å². The molecular weight excluding hydrogens is 330 g/mol. The number of benzene rings is 1. The number of thiazole rings is 1. The van der Waals surface area contributed by atoms with Gasteiger partial charge in [0.1, 0.15) is 0 Å². The molecule has 114 valence electrons. The average molecular weight is 341 g/mol. The van der Waals surface area contributed by atoms with Crippen LogP contribution in [0.3, 0.4) is 0 Å². The predicted molar refractivity (Wildman–Crippen MR) is 90.7 cm³/mol. The van der Waals surface area contributed by atoms with Gasteiger partial charge in [-0.1, -0.05) is 42.1 Å². The van der Waals surface area contributed by atoms with Gasteiger partial charge in [-0.15, -0.1) is 16.4 Å². The van der Waals surface area contributed by atoms with Crippen LogP contribution in [-0.2, 0) is 5.75 Å². The molecule has 4 rings (SSSR count). The Labute approximate surface area is 139 Å². The van der Waals surface area contributed by atoms with Gasteiger partial charge in [0.15, 0.2) is 10.8 Å². The molecule has 23 heavy (non-hydrogen) atoms. The molecule has 0 bridgehead atoms. The van der Waals surface area contributed by atoms with Crippen LogP contribution in [0, 0.1) is 0 Å². The molecule has 0 radical (unpaired) electrons. The maximum atomic E-state index is 11.9. The van der Waals surface area contributed by atoms with Crippen LogP contribution in [0.2, 0.25) is 0 Å². The topological polar surface area (TPSA) is 75.9 Å². The number of H-pyrrole nitrogens is 1. The fraction of sp³-hybridized carbons (Fsp3) is 0.0667. The molecule has 0 fully saturated rings. The molecule has 0 saturated heterocycles. The summed E-state index contributed by atoms with van der Waals surface area (Å²) in [4.78, 5) is 21.6. The molecular formula is C15H11N5OS2. The summed E-state index contributed by atoms with van der Waals surface area (Å²) in [5.41, 5.74) is 1.66. The van der Waals surface area contributed by atoms with Crippen molar-refractivity contribution in [3.63, 3.8) is 0 Å². The van der Waals surface area contributed by atoms with E-state index in [0.29, 0.717) is 15.9 Å². The van der Waals surface area contributed by atoms with E-state index in [9.17, 15) is 4.79 Å². The summed E-state index contributed by atoms with van der Waals surface area (Å²) < 4.78 is 1.54. The van der Waals surface area contributed by atoms with Gasteiger partial charge in [-0.3, -0.25) is 14.3 Å². The molecule has 0 amide bonds. The highest BCUT2D eigenvalue weighted by atomic mass is 32.2. The predicted octanol–water partition coefficient (Wildman–Crippen LogP) is 2.83. The third-order valence-electron chi connectivity index (χ3n) is 3.22. The van der Waals surface area contributed by atoms with Crippen molar-refractivity contribution in [1.29, 1.82) is 0 Å². The number of fused-ring (bicyclic) bond motifs is 1. The van der Waals surface area contributed by atoms with Gasteiger partial charge < -0.3 is 0 Å². The Balaban J connectivity index is 1.52. The van der Waals surface area contributed by atoms with Crippen LogP contribution in [0.25, 0.3) is 16.3 Å². The van der Waals surface area contributed by atoms with Crippen LogP contribution in [0.15, 0.2) is 57.9 Å². The molecule has 0 spiro atoms. The molecule has 6 nitrogen and oxygen atoms in total. The zero-order valence-electron chi connectivity index (χ0n) is 11.8. The minimum Gasteiger partial charge on any atom is -0.269 e. The SMILES string of the molecule is O=c1cc(CSc2n[nH]c(-c3ccccc3)n2)nc2sccn12. The Kier molecular flexibility index (Phi) is 3.68. The molecule has 8 heteroatoms.